The van der Waals surface area contributed by atoms with Gasteiger partial charge in [-0.3, -0.25) is 4.57 Å². The van der Waals surface area contributed by atoms with Crippen molar-refractivity contribution < 1.29 is 40.8 Å². The van der Waals surface area contributed by atoms with Gasteiger partial charge in [0.05, 0.1) is 0 Å². The van der Waals surface area contributed by atoms with Crippen molar-refractivity contribution in [1.29, 1.82) is 0 Å². The Morgan fingerprint density at radius 3 is 2.17 bits per heavy atom. The summed E-state index contributed by atoms with van der Waals surface area (Å²) in [6, 6.07) is 8.43. The molecule has 0 aromatic heterocycles. The van der Waals surface area contributed by atoms with Crippen LogP contribution in [-0.2, 0) is 30.8 Å². The van der Waals surface area contributed by atoms with Gasteiger partial charge in [-0.25, -0.2) is 0 Å². The van der Waals surface area contributed by atoms with Crippen LogP contribution in [-0.4, -0.2) is 10.00 Å². The SMILES string of the molecule is O=[PH](O)C(O)c1ccccc1.[Zr]. The first-order chi connectivity index (χ1) is 5.22. The molecule has 1 aromatic rings. The predicted octanol–water partition coefficient (Wildman–Crippen LogP) is 1.14. The van der Waals surface area contributed by atoms with Crippen molar-refractivity contribution in [3.05, 3.63) is 35.9 Å². The van der Waals surface area contributed by atoms with Gasteiger partial charge in [-0.15, -0.1) is 0 Å². The van der Waals surface area contributed by atoms with E-state index in [1.807, 2.05) is 0 Å². The number of hydrogen-bond donors (Lipinski definition) is 2. The summed E-state index contributed by atoms with van der Waals surface area (Å²) >= 11 is 0. The molecular formula is C7H9O3PZr. The largest absolute Gasteiger partial charge is 0.378 e. The molecule has 0 aliphatic carbocycles. The van der Waals surface area contributed by atoms with E-state index in [9.17, 15) is 4.57 Å². The van der Waals surface area contributed by atoms with E-state index in [0.29, 0.717) is 5.56 Å². The molecule has 0 aliphatic rings. The molecular weight excluding hydrogens is 254 g/mol. The van der Waals surface area contributed by atoms with Gasteiger partial charge >= 0.3 is 0 Å². The summed E-state index contributed by atoms with van der Waals surface area (Å²) in [7, 11) is -2.86. The fourth-order valence-electron chi connectivity index (χ4n) is 0.778. The molecule has 2 unspecified atom stereocenters. The first kappa shape index (κ1) is 12.3. The minimum Gasteiger partial charge on any atom is -0.378 e. The second-order valence-electron chi connectivity index (χ2n) is 2.15. The first-order valence-corrected chi connectivity index (χ1v) is 4.61. The Balaban J connectivity index is 0.00000121. The Labute approximate surface area is 90.4 Å². The summed E-state index contributed by atoms with van der Waals surface area (Å²) in [5.41, 5.74) is 0.485. The Kier molecular flexibility index (Phi) is 5.95. The van der Waals surface area contributed by atoms with Crippen LogP contribution in [0, 0.1) is 0 Å². The summed E-state index contributed by atoms with van der Waals surface area (Å²) in [5, 5.41) is 9.08. The van der Waals surface area contributed by atoms with Crippen molar-refractivity contribution in [1.82, 2.24) is 0 Å². The van der Waals surface area contributed by atoms with Gasteiger partial charge in [0.15, 0.2) is 5.85 Å². The van der Waals surface area contributed by atoms with Gasteiger partial charge in [0.25, 0.3) is 0 Å². The Morgan fingerprint density at radius 1 is 1.25 bits per heavy atom. The van der Waals surface area contributed by atoms with E-state index < -0.39 is 13.9 Å². The van der Waals surface area contributed by atoms with Crippen molar-refractivity contribution in [2.45, 2.75) is 5.85 Å². The molecule has 12 heavy (non-hydrogen) atoms. The zero-order chi connectivity index (χ0) is 8.27. The van der Waals surface area contributed by atoms with E-state index in [4.69, 9.17) is 10.00 Å². The van der Waals surface area contributed by atoms with Crippen molar-refractivity contribution in [2.24, 2.45) is 0 Å². The van der Waals surface area contributed by atoms with E-state index in [0.717, 1.165) is 0 Å². The molecule has 1 aromatic carbocycles. The number of aliphatic hydroxyl groups excluding tert-OH is 1. The average Bonchev–Trinajstić information content (AvgIpc) is 2.05. The van der Waals surface area contributed by atoms with Crippen LogP contribution in [0.5, 0.6) is 0 Å². The molecule has 2 atom stereocenters. The Hall–Kier alpha value is 0.253. The molecule has 0 bridgehead atoms. The van der Waals surface area contributed by atoms with E-state index in [2.05, 4.69) is 0 Å². The Bertz CT molecular complexity index is 252. The van der Waals surface area contributed by atoms with Gasteiger partial charge < -0.3 is 10.00 Å². The molecule has 0 radical (unpaired) electrons. The molecule has 0 saturated heterocycles. The zero-order valence-corrected chi connectivity index (χ0v) is 9.72. The minimum atomic E-state index is -2.86. The molecule has 0 amide bonds. The fraction of sp³-hybridized carbons (Fsp3) is 0.143. The topological polar surface area (TPSA) is 57.5 Å². The van der Waals surface area contributed by atoms with Gasteiger partial charge in [0.1, 0.15) is 0 Å². The molecule has 0 spiro atoms. The van der Waals surface area contributed by atoms with Crippen LogP contribution in [0.25, 0.3) is 0 Å². The van der Waals surface area contributed by atoms with Gasteiger partial charge in [-0.05, 0) is 5.56 Å². The smallest absolute Gasteiger partial charge is 0.221 e. The van der Waals surface area contributed by atoms with Gasteiger partial charge in [0.2, 0.25) is 8.03 Å². The number of rotatable bonds is 2. The summed E-state index contributed by atoms with van der Waals surface area (Å²) in [6.45, 7) is 0. The van der Waals surface area contributed by atoms with Crippen molar-refractivity contribution >= 4 is 8.03 Å². The third-order valence-corrected chi connectivity index (χ3v) is 2.15. The van der Waals surface area contributed by atoms with Gasteiger partial charge in [-0.1, -0.05) is 30.3 Å². The van der Waals surface area contributed by atoms with Gasteiger partial charge in [-0.2, -0.15) is 0 Å². The summed E-state index contributed by atoms with van der Waals surface area (Å²) in [5.74, 6) is -1.22. The van der Waals surface area contributed by atoms with Crippen LogP contribution in [0.2, 0.25) is 0 Å². The normalized spacial score (nSPS) is 14.5. The minimum absolute atomic E-state index is 0. The quantitative estimate of drug-likeness (QED) is 0.787. The maximum absolute atomic E-state index is 10.4. The third kappa shape index (κ3) is 3.32. The molecule has 64 valence electrons. The molecule has 1 rings (SSSR count). The summed E-state index contributed by atoms with van der Waals surface area (Å²) in [4.78, 5) is 8.57. The van der Waals surface area contributed by atoms with Crippen LogP contribution in [0.4, 0.5) is 0 Å². The molecule has 2 N–H and O–H groups in total. The Morgan fingerprint density at radius 2 is 1.75 bits per heavy atom. The van der Waals surface area contributed by atoms with Crippen LogP contribution < -0.4 is 0 Å². The van der Waals surface area contributed by atoms with Gasteiger partial charge in [0, 0.05) is 26.2 Å². The van der Waals surface area contributed by atoms with Crippen molar-refractivity contribution in [3.63, 3.8) is 0 Å². The third-order valence-electron chi connectivity index (χ3n) is 1.35. The van der Waals surface area contributed by atoms with Crippen LogP contribution in [0.15, 0.2) is 30.3 Å². The first-order valence-electron chi connectivity index (χ1n) is 3.17. The zero-order valence-electron chi connectivity index (χ0n) is 6.27. The van der Waals surface area contributed by atoms with Crippen molar-refractivity contribution in [2.75, 3.05) is 0 Å². The molecule has 0 saturated carbocycles. The second kappa shape index (κ2) is 5.82. The van der Waals surface area contributed by atoms with Crippen LogP contribution in [0.1, 0.15) is 11.4 Å². The molecule has 0 fully saturated rings. The van der Waals surface area contributed by atoms with Crippen molar-refractivity contribution in [3.8, 4) is 0 Å². The maximum Gasteiger partial charge on any atom is 0.221 e. The number of hydrogen-bond acceptors (Lipinski definition) is 2. The second-order valence-corrected chi connectivity index (χ2v) is 3.37. The monoisotopic (exact) mass is 262 g/mol. The van der Waals surface area contributed by atoms with E-state index in [1.165, 1.54) is 0 Å². The van der Waals surface area contributed by atoms with Crippen LogP contribution in [0.3, 0.4) is 0 Å². The molecule has 0 heterocycles. The van der Waals surface area contributed by atoms with E-state index >= 15 is 0 Å². The van der Waals surface area contributed by atoms with E-state index in [1.54, 1.807) is 30.3 Å². The standard InChI is InChI=1S/C7H9O3P.Zr/c8-7(11(9)10)6-4-2-1-3-5-6;/h1-5,7-8,11H,(H,9,10);. The molecule has 5 heteroatoms. The summed E-state index contributed by atoms with van der Waals surface area (Å²) < 4.78 is 10.4. The van der Waals surface area contributed by atoms with Crippen LogP contribution >= 0.6 is 8.03 Å². The molecule has 3 nitrogen and oxygen atoms in total. The number of benzene rings is 1. The maximum atomic E-state index is 10.4. The fourth-order valence-corrected chi connectivity index (χ4v) is 1.26. The average molecular weight is 263 g/mol. The molecule has 0 aliphatic heterocycles. The predicted molar refractivity (Wildman–Crippen MR) is 42.6 cm³/mol. The number of aliphatic hydroxyl groups is 1. The van der Waals surface area contributed by atoms with E-state index in [-0.39, 0.29) is 26.2 Å². The summed E-state index contributed by atoms with van der Waals surface area (Å²) in [6.07, 6.45) is 0.